The smallest absolute Gasteiger partial charge is 0.252 e. The summed E-state index contributed by atoms with van der Waals surface area (Å²) in [5.74, 6) is 0.721. The maximum Gasteiger partial charge on any atom is 0.252 e. The number of thiazole rings is 1. The van der Waals surface area contributed by atoms with Gasteiger partial charge in [-0.1, -0.05) is 36.4 Å². The van der Waals surface area contributed by atoms with Gasteiger partial charge in [0.05, 0.1) is 22.8 Å². The van der Waals surface area contributed by atoms with E-state index in [2.05, 4.69) is 29.4 Å². The topological polar surface area (TPSA) is 42.0 Å². The van der Waals surface area contributed by atoms with Gasteiger partial charge < -0.3 is 5.32 Å². The lowest BCUT2D eigenvalue weighted by Gasteiger charge is -2.17. The molecule has 0 aliphatic rings. The zero-order valence-electron chi connectivity index (χ0n) is 14.2. The van der Waals surface area contributed by atoms with Gasteiger partial charge in [-0.3, -0.25) is 4.79 Å². The van der Waals surface area contributed by atoms with Gasteiger partial charge in [0.1, 0.15) is 0 Å². The van der Waals surface area contributed by atoms with Gasteiger partial charge in [0.25, 0.3) is 5.91 Å². The minimum atomic E-state index is -0.0443. The van der Waals surface area contributed by atoms with Crippen LogP contribution in [-0.4, -0.2) is 10.9 Å². The van der Waals surface area contributed by atoms with Crippen LogP contribution < -0.4 is 5.32 Å². The molecule has 1 aromatic heterocycles. The van der Waals surface area contributed by atoms with E-state index in [1.165, 1.54) is 5.56 Å². The molecule has 1 N–H and O–H groups in total. The fraction of sp³-hybridized carbons (Fsp3) is 0.200. The van der Waals surface area contributed by atoms with E-state index >= 15 is 0 Å². The van der Waals surface area contributed by atoms with Crippen LogP contribution in [0.25, 0.3) is 0 Å². The zero-order valence-corrected chi connectivity index (χ0v) is 15.9. The molecule has 0 aliphatic heterocycles. The van der Waals surface area contributed by atoms with Crippen LogP contribution >= 0.6 is 23.1 Å². The van der Waals surface area contributed by atoms with Crippen LogP contribution in [0.1, 0.15) is 40.1 Å². The van der Waals surface area contributed by atoms with Crippen molar-refractivity contribution in [1.29, 1.82) is 0 Å². The Bertz CT molecular complexity index is 846. The molecule has 2 aromatic carbocycles. The predicted molar refractivity (Wildman–Crippen MR) is 105 cm³/mol. The van der Waals surface area contributed by atoms with Crippen molar-refractivity contribution in [2.75, 3.05) is 0 Å². The molecule has 0 radical (unpaired) electrons. The van der Waals surface area contributed by atoms with Crippen LogP contribution in [0.15, 0.2) is 64.3 Å². The number of hydrogen-bond donors (Lipinski definition) is 1. The van der Waals surface area contributed by atoms with Crippen molar-refractivity contribution >= 4 is 29.0 Å². The minimum absolute atomic E-state index is 0.0368. The van der Waals surface area contributed by atoms with Crippen molar-refractivity contribution in [3.63, 3.8) is 0 Å². The Balaban J connectivity index is 1.72. The number of nitrogens with zero attached hydrogens (tertiary/aromatic N) is 1. The Morgan fingerprint density at radius 2 is 1.96 bits per heavy atom. The molecule has 3 aromatic rings. The van der Waals surface area contributed by atoms with Crippen LogP contribution in [-0.2, 0) is 5.75 Å². The molecule has 0 spiro atoms. The number of hydrogen-bond acceptors (Lipinski definition) is 4. The van der Waals surface area contributed by atoms with Crippen LogP contribution in [0.4, 0.5) is 0 Å². The molecule has 1 unspecified atom stereocenters. The first-order valence-electron chi connectivity index (χ1n) is 8.10. The van der Waals surface area contributed by atoms with E-state index < -0.39 is 0 Å². The summed E-state index contributed by atoms with van der Waals surface area (Å²) in [6.07, 6.45) is 0. The Morgan fingerprint density at radius 3 is 2.72 bits per heavy atom. The summed E-state index contributed by atoms with van der Waals surface area (Å²) >= 11 is 3.23. The molecular formula is C20H20N2OS2. The van der Waals surface area contributed by atoms with Crippen LogP contribution in [0.5, 0.6) is 0 Å². The Hall–Kier alpha value is -2.11. The molecule has 1 atom stereocenters. The molecule has 1 heterocycles. The summed E-state index contributed by atoms with van der Waals surface area (Å²) in [7, 11) is 0. The molecule has 25 heavy (non-hydrogen) atoms. The normalized spacial score (nSPS) is 11.9. The molecule has 5 heteroatoms. The Labute approximate surface area is 156 Å². The van der Waals surface area contributed by atoms with Crippen molar-refractivity contribution in [3.05, 3.63) is 81.8 Å². The van der Waals surface area contributed by atoms with Gasteiger partial charge in [-0.05, 0) is 37.1 Å². The van der Waals surface area contributed by atoms with Gasteiger partial charge in [0, 0.05) is 16.0 Å². The number of benzene rings is 2. The van der Waals surface area contributed by atoms with Crippen molar-refractivity contribution in [2.24, 2.45) is 0 Å². The molecular weight excluding hydrogens is 348 g/mol. The molecule has 0 bridgehead atoms. The van der Waals surface area contributed by atoms with Gasteiger partial charge >= 0.3 is 0 Å². The number of aromatic nitrogens is 1. The average molecular weight is 369 g/mol. The van der Waals surface area contributed by atoms with Crippen LogP contribution in [0, 0.1) is 6.92 Å². The zero-order chi connectivity index (χ0) is 17.6. The first-order chi connectivity index (χ1) is 12.1. The number of rotatable bonds is 6. The summed E-state index contributed by atoms with van der Waals surface area (Å²) in [6.45, 7) is 4.08. The van der Waals surface area contributed by atoms with E-state index in [-0.39, 0.29) is 11.9 Å². The standard InChI is InChI=1S/C20H20N2OS2/c1-14-7-3-4-8-17(14)15(2)22-20(23)18-9-5-6-10-19(18)25-12-16-11-24-13-21-16/h3-11,13,15H,12H2,1-2H3,(H,22,23). The maximum absolute atomic E-state index is 12.8. The number of aryl methyl sites for hydroxylation is 1. The summed E-state index contributed by atoms with van der Waals surface area (Å²) in [6, 6.07) is 15.8. The van der Waals surface area contributed by atoms with Gasteiger partial charge in [0.15, 0.2) is 0 Å². The lowest BCUT2D eigenvalue weighted by atomic mass is 10.0. The second-order valence-electron chi connectivity index (χ2n) is 5.82. The second kappa shape index (κ2) is 8.32. The van der Waals surface area contributed by atoms with Crippen LogP contribution in [0.3, 0.4) is 0 Å². The number of carbonyl (C=O) groups is 1. The number of thioether (sulfide) groups is 1. The lowest BCUT2D eigenvalue weighted by Crippen LogP contribution is -2.27. The Morgan fingerprint density at radius 1 is 1.20 bits per heavy atom. The third-order valence-electron chi connectivity index (χ3n) is 3.99. The fourth-order valence-electron chi connectivity index (χ4n) is 2.67. The summed E-state index contributed by atoms with van der Waals surface area (Å²) in [5, 5.41) is 5.16. The van der Waals surface area contributed by atoms with Gasteiger partial charge in [-0.2, -0.15) is 0 Å². The first-order valence-corrected chi connectivity index (χ1v) is 10.0. The molecule has 3 rings (SSSR count). The maximum atomic E-state index is 12.8. The molecule has 1 amide bonds. The predicted octanol–water partition coefficient (Wildman–Crippen LogP) is 5.23. The molecule has 0 saturated carbocycles. The summed E-state index contributed by atoms with van der Waals surface area (Å²) in [5.41, 5.74) is 5.91. The van der Waals surface area contributed by atoms with Gasteiger partial charge in [0.2, 0.25) is 0 Å². The van der Waals surface area contributed by atoms with E-state index in [4.69, 9.17) is 0 Å². The van der Waals surface area contributed by atoms with E-state index in [0.29, 0.717) is 5.56 Å². The average Bonchev–Trinajstić information content (AvgIpc) is 3.14. The van der Waals surface area contributed by atoms with E-state index in [1.807, 2.05) is 54.2 Å². The van der Waals surface area contributed by atoms with Gasteiger partial charge in [-0.25, -0.2) is 4.98 Å². The van der Waals surface area contributed by atoms with Crippen molar-refractivity contribution in [1.82, 2.24) is 10.3 Å². The highest BCUT2D eigenvalue weighted by atomic mass is 32.2. The van der Waals surface area contributed by atoms with E-state index in [9.17, 15) is 4.79 Å². The first kappa shape index (κ1) is 17.7. The largest absolute Gasteiger partial charge is 0.345 e. The number of nitrogens with one attached hydrogen (secondary N) is 1. The molecule has 0 fully saturated rings. The van der Waals surface area contributed by atoms with Crippen molar-refractivity contribution in [2.45, 2.75) is 30.5 Å². The lowest BCUT2D eigenvalue weighted by molar-refractivity contribution is 0.0937. The quantitative estimate of drug-likeness (QED) is 0.605. The number of carbonyl (C=O) groups excluding carboxylic acids is 1. The summed E-state index contributed by atoms with van der Waals surface area (Å²) in [4.78, 5) is 18.1. The minimum Gasteiger partial charge on any atom is -0.345 e. The third kappa shape index (κ3) is 4.50. The molecule has 0 saturated heterocycles. The highest BCUT2D eigenvalue weighted by Crippen LogP contribution is 2.27. The molecule has 3 nitrogen and oxygen atoms in total. The van der Waals surface area contributed by atoms with E-state index in [0.717, 1.165) is 21.9 Å². The SMILES string of the molecule is Cc1ccccc1C(C)NC(=O)c1ccccc1SCc1cscn1. The second-order valence-corrected chi connectivity index (χ2v) is 7.55. The summed E-state index contributed by atoms with van der Waals surface area (Å²) < 4.78 is 0. The van der Waals surface area contributed by atoms with Gasteiger partial charge in [-0.15, -0.1) is 23.1 Å². The number of amides is 1. The van der Waals surface area contributed by atoms with Crippen molar-refractivity contribution in [3.8, 4) is 0 Å². The van der Waals surface area contributed by atoms with Crippen LogP contribution in [0.2, 0.25) is 0 Å². The van der Waals surface area contributed by atoms with E-state index in [1.54, 1.807) is 23.1 Å². The third-order valence-corrected chi connectivity index (χ3v) is 5.74. The fourth-order valence-corrected chi connectivity index (χ4v) is 4.28. The Kier molecular flexibility index (Phi) is 5.89. The highest BCUT2D eigenvalue weighted by Gasteiger charge is 2.16. The molecule has 0 aliphatic carbocycles. The monoisotopic (exact) mass is 368 g/mol. The highest BCUT2D eigenvalue weighted by molar-refractivity contribution is 7.98. The van der Waals surface area contributed by atoms with Crippen molar-refractivity contribution < 1.29 is 4.79 Å². The molecule has 128 valence electrons.